The maximum atomic E-state index is 5.90. The lowest BCUT2D eigenvalue weighted by Gasteiger charge is -2.19. The lowest BCUT2D eigenvalue weighted by atomic mass is 9.95. The Labute approximate surface area is 126 Å². The van der Waals surface area contributed by atoms with E-state index in [-0.39, 0.29) is 0 Å². The van der Waals surface area contributed by atoms with Crippen LogP contribution in [0.3, 0.4) is 0 Å². The lowest BCUT2D eigenvalue weighted by Crippen LogP contribution is -2.18. The third-order valence-electron chi connectivity index (χ3n) is 3.82. The molecule has 1 heterocycles. The molecule has 0 aromatic carbocycles. The van der Waals surface area contributed by atoms with Gasteiger partial charge in [-0.1, -0.05) is 32.5 Å². The quantitative estimate of drug-likeness (QED) is 0.816. The van der Waals surface area contributed by atoms with Crippen molar-refractivity contribution in [2.45, 2.75) is 52.4 Å². The Morgan fingerprint density at radius 3 is 2.90 bits per heavy atom. The van der Waals surface area contributed by atoms with E-state index in [4.69, 9.17) is 22.7 Å². The second kappa shape index (κ2) is 7.02. The van der Waals surface area contributed by atoms with E-state index in [9.17, 15) is 0 Å². The van der Waals surface area contributed by atoms with Crippen LogP contribution in [0.1, 0.15) is 56.4 Å². The zero-order valence-electron chi connectivity index (χ0n) is 12.4. The summed E-state index contributed by atoms with van der Waals surface area (Å²) in [5.74, 6) is 1.15. The highest BCUT2D eigenvalue weighted by Crippen LogP contribution is 2.26. The Morgan fingerprint density at radius 2 is 2.20 bits per heavy atom. The molecule has 0 aliphatic heterocycles. The first-order valence-electron chi connectivity index (χ1n) is 7.57. The molecule has 0 spiro atoms. The number of nitrogens with two attached hydrogens (primary N) is 1. The molecular formula is C16H24N2OS. The number of pyridine rings is 1. The number of thiocarbonyl (C=S) groups is 1. The van der Waals surface area contributed by atoms with Crippen molar-refractivity contribution < 1.29 is 4.74 Å². The molecule has 1 aromatic heterocycles. The summed E-state index contributed by atoms with van der Waals surface area (Å²) < 4.78 is 5.90. The summed E-state index contributed by atoms with van der Waals surface area (Å²) in [5.41, 5.74) is 9.07. The predicted molar refractivity (Wildman–Crippen MR) is 86.3 cm³/mol. The summed E-state index contributed by atoms with van der Waals surface area (Å²) in [6, 6.07) is 2.09. The lowest BCUT2D eigenvalue weighted by molar-refractivity contribution is 0.242. The SMILES string of the molecule is CCCC(C)COc1nc2c(cc1C(N)=S)CCCC2. The number of fused-ring (bicyclic) bond motifs is 1. The summed E-state index contributed by atoms with van der Waals surface area (Å²) in [6.45, 7) is 5.06. The van der Waals surface area contributed by atoms with Crippen LogP contribution in [0, 0.1) is 5.92 Å². The molecule has 1 unspecified atom stereocenters. The van der Waals surface area contributed by atoms with E-state index >= 15 is 0 Å². The van der Waals surface area contributed by atoms with Gasteiger partial charge in [0.1, 0.15) is 4.99 Å². The average molecular weight is 292 g/mol. The summed E-state index contributed by atoms with van der Waals surface area (Å²) in [4.78, 5) is 5.06. The Kier molecular flexibility index (Phi) is 5.35. The monoisotopic (exact) mass is 292 g/mol. The first-order chi connectivity index (χ1) is 9.61. The van der Waals surface area contributed by atoms with E-state index in [1.54, 1.807) is 0 Å². The molecule has 0 radical (unpaired) electrons. The van der Waals surface area contributed by atoms with Crippen LogP contribution in [0.5, 0.6) is 5.88 Å². The van der Waals surface area contributed by atoms with Gasteiger partial charge in [0.05, 0.1) is 12.2 Å². The molecule has 2 N–H and O–H groups in total. The first-order valence-corrected chi connectivity index (χ1v) is 7.98. The number of rotatable bonds is 6. The summed E-state index contributed by atoms with van der Waals surface area (Å²) in [5, 5.41) is 0. The van der Waals surface area contributed by atoms with E-state index in [1.165, 1.54) is 24.8 Å². The molecule has 3 nitrogen and oxygen atoms in total. The van der Waals surface area contributed by atoms with Gasteiger partial charge in [0.2, 0.25) is 5.88 Å². The van der Waals surface area contributed by atoms with Crippen molar-refractivity contribution in [2.75, 3.05) is 6.61 Å². The third kappa shape index (κ3) is 3.69. The van der Waals surface area contributed by atoms with Crippen molar-refractivity contribution in [3.8, 4) is 5.88 Å². The van der Waals surface area contributed by atoms with Crippen LogP contribution in [-0.4, -0.2) is 16.6 Å². The molecule has 20 heavy (non-hydrogen) atoms. The molecule has 1 aliphatic carbocycles. The van der Waals surface area contributed by atoms with Crippen molar-refractivity contribution in [3.05, 3.63) is 22.9 Å². The molecule has 110 valence electrons. The summed E-state index contributed by atoms with van der Waals surface area (Å²) >= 11 is 5.14. The van der Waals surface area contributed by atoms with Gasteiger partial charge < -0.3 is 10.5 Å². The van der Waals surface area contributed by atoms with Crippen LogP contribution in [0.15, 0.2) is 6.07 Å². The van der Waals surface area contributed by atoms with Gasteiger partial charge in [0.15, 0.2) is 0 Å². The van der Waals surface area contributed by atoms with Crippen molar-refractivity contribution in [1.82, 2.24) is 4.98 Å². The Hall–Kier alpha value is -1.16. The third-order valence-corrected chi connectivity index (χ3v) is 4.04. The van der Waals surface area contributed by atoms with Crippen LogP contribution in [-0.2, 0) is 12.8 Å². The fourth-order valence-electron chi connectivity index (χ4n) is 2.70. The molecule has 2 rings (SSSR count). The molecule has 0 amide bonds. The van der Waals surface area contributed by atoms with Crippen molar-refractivity contribution >= 4 is 17.2 Å². The molecule has 1 aliphatic rings. The number of hydrogen-bond acceptors (Lipinski definition) is 3. The van der Waals surface area contributed by atoms with Crippen molar-refractivity contribution in [1.29, 1.82) is 0 Å². The Morgan fingerprint density at radius 1 is 1.45 bits per heavy atom. The largest absolute Gasteiger partial charge is 0.477 e. The van der Waals surface area contributed by atoms with Crippen molar-refractivity contribution in [3.63, 3.8) is 0 Å². The second-order valence-corrected chi connectivity index (χ2v) is 6.16. The van der Waals surface area contributed by atoms with Crippen LogP contribution in [0.4, 0.5) is 0 Å². The highest BCUT2D eigenvalue weighted by Gasteiger charge is 2.17. The number of aryl methyl sites for hydroxylation is 2. The predicted octanol–water partition coefficient (Wildman–Crippen LogP) is 3.41. The fourth-order valence-corrected chi connectivity index (χ4v) is 2.84. The van der Waals surface area contributed by atoms with Crippen LogP contribution >= 0.6 is 12.2 Å². The van der Waals surface area contributed by atoms with Gasteiger partial charge in [-0.25, -0.2) is 4.98 Å². The maximum Gasteiger partial charge on any atom is 0.224 e. The molecule has 1 atom stereocenters. The van der Waals surface area contributed by atoms with Crippen LogP contribution in [0.2, 0.25) is 0 Å². The van der Waals surface area contributed by atoms with Gasteiger partial charge in [-0.3, -0.25) is 0 Å². The van der Waals surface area contributed by atoms with E-state index in [0.717, 1.165) is 30.5 Å². The van der Waals surface area contributed by atoms with Gasteiger partial charge in [-0.15, -0.1) is 0 Å². The van der Waals surface area contributed by atoms with E-state index in [1.807, 2.05) is 0 Å². The number of nitrogens with zero attached hydrogens (tertiary/aromatic N) is 1. The maximum absolute atomic E-state index is 5.90. The molecule has 0 saturated heterocycles. The van der Waals surface area contributed by atoms with Gasteiger partial charge in [-0.05, 0) is 49.7 Å². The highest BCUT2D eigenvalue weighted by atomic mass is 32.1. The first kappa shape index (κ1) is 15.2. The van der Waals surface area contributed by atoms with Gasteiger partial charge >= 0.3 is 0 Å². The van der Waals surface area contributed by atoms with Gasteiger partial charge in [-0.2, -0.15) is 0 Å². The summed E-state index contributed by atoms with van der Waals surface area (Å²) in [6.07, 6.45) is 6.87. The number of hydrogen-bond donors (Lipinski definition) is 1. The molecule has 0 saturated carbocycles. The Bertz CT molecular complexity index is 488. The average Bonchev–Trinajstić information content (AvgIpc) is 2.44. The Balaban J connectivity index is 2.19. The second-order valence-electron chi connectivity index (χ2n) is 5.72. The highest BCUT2D eigenvalue weighted by molar-refractivity contribution is 7.80. The van der Waals surface area contributed by atoms with Crippen LogP contribution in [0.25, 0.3) is 0 Å². The van der Waals surface area contributed by atoms with E-state index in [0.29, 0.717) is 23.4 Å². The fraction of sp³-hybridized carbons (Fsp3) is 0.625. The summed E-state index contributed by atoms with van der Waals surface area (Å²) in [7, 11) is 0. The van der Waals surface area contributed by atoms with Gasteiger partial charge in [0.25, 0.3) is 0 Å². The minimum atomic E-state index is 0.379. The molecule has 4 heteroatoms. The molecule has 0 bridgehead atoms. The number of aromatic nitrogens is 1. The van der Waals surface area contributed by atoms with Crippen LogP contribution < -0.4 is 10.5 Å². The van der Waals surface area contributed by atoms with Gasteiger partial charge in [0, 0.05) is 5.69 Å². The number of ether oxygens (including phenoxy) is 1. The standard InChI is InChI=1S/C16H24N2OS/c1-3-6-11(2)10-19-16-13(15(17)20)9-12-7-4-5-8-14(12)18-16/h9,11H,3-8,10H2,1-2H3,(H2,17,20). The van der Waals surface area contributed by atoms with Crippen molar-refractivity contribution in [2.24, 2.45) is 11.7 Å². The van der Waals surface area contributed by atoms with E-state index < -0.39 is 0 Å². The molecular weight excluding hydrogens is 268 g/mol. The van der Waals surface area contributed by atoms with E-state index in [2.05, 4.69) is 24.9 Å². The zero-order chi connectivity index (χ0) is 14.5. The molecule has 1 aromatic rings. The smallest absolute Gasteiger partial charge is 0.224 e. The minimum absolute atomic E-state index is 0.379. The topological polar surface area (TPSA) is 48.1 Å². The molecule has 0 fully saturated rings. The zero-order valence-corrected chi connectivity index (χ0v) is 13.3. The normalized spacial score (nSPS) is 15.5. The minimum Gasteiger partial charge on any atom is -0.477 e.